The van der Waals surface area contributed by atoms with Crippen LogP contribution in [0.1, 0.15) is 0 Å². The first-order valence-electron chi connectivity index (χ1n) is 6.79. The van der Waals surface area contributed by atoms with E-state index in [1.54, 1.807) is 23.0 Å². The third-order valence-electron chi connectivity index (χ3n) is 3.44. The molecular formula is C16H9ClFN5. The van der Waals surface area contributed by atoms with Crippen LogP contribution in [0.25, 0.3) is 28.3 Å². The third kappa shape index (κ3) is 2.43. The van der Waals surface area contributed by atoms with Crippen molar-refractivity contribution in [1.82, 2.24) is 24.6 Å². The van der Waals surface area contributed by atoms with E-state index in [2.05, 4.69) is 20.1 Å². The quantitative estimate of drug-likeness (QED) is 0.564. The van der Waals surface area contributed by atoms with Crippen LogP contribution in [0.3, 0.4) is 0 Å². The van der Waals surface area contributed by atoms with Crippen molar-refractivity contribution in [1.29, 1.82) is 0 Å². The molecule has 0 unspecified atom stereocenters. The zero-order chi connectivity index (χ0) is 15.8. The summed E-state index contributed by atoms with van der Waals surface area (Å²) in [7, 11) is 0. The molecule has 0 radical (unpaired) electrons. The first-order valence-corrected chi connectivity index (χ1v) is 7.17. The van der Waals surface area contributed by atoms with Crippen molar-refractivity contribution in [2.45, 2.75) is 0 Å². The Bertz CT molecular complexity index is 1000. The summed E-state index contributed by atoms with van der Waals surface area (Å²) in [6, 6.07) is 9.79. The van der Waals surface area contributed by atoms with Gasteiger partial charge in [0.1, 0.15) is 12.1 Å². The van der Waals surface area contributed by atoms with Crippen LogP contribution >= 0.6 is 11.6 Å². The van der Waals surface area contributed by atoms with Crippen LogP contribution in [-0.2, 0) is 0 Å². The highest BCUT2D eigenvalue weighted by Gasteiger charge is 2.13. The van der Waals surface area contributed by atoms with Gasteiger partial charge in [0.15, 0.2) is 0 Å². The molecule has 7 heteroatoms. The average Bonchev–Trinajstić information content (AvgIpc) is 3.03. The lowest BCUT2D eigenvalue weighted by molar-refractivity contribution is 0.628. The molecule has 4 aromatic rings. The first-order chi connectivity index (χ1) is 11.2. The molecule has 4 rings (SSSR count). The number of fused-ring (bicyclic) bond motifs is 1. The van der Waals surface area contributed by atoms with E-state index in [1.807, 2.05) is 18.2 Å². The second-order valence-electron chi connectivity index (χ2n) is 4.86. The van der Waals surface area contributed by atoms with Crippen molar-refractivity contribution in [3.63, 3.8) is 0 Å². The molecule has 0 saturated heterocycles. The third-order valence-corrected chi connectivity index (χ3v) is 3.75. The predicted octanol–water partition coefficient (Wildman–Crippen LogP) is 3.65. The van der Waals surface area contributed by atoms with Gasteiger partial charge in [-0.3, -0.25) is 4.98 Å². The highest BCUT2D eigenvalue weighted by Crippen LogP contribution is 2.30. The zero-order valence-corrected chi connectivity index (χ0v) is 12.4. The molecule has 0 aliphatic carbocycles. The topological polar surface area (TPSA) is 56.0 Å². The molecule has 0 N–H and O–H groups in total. The second-order valence-corrected chi connectivity index (χ2v) is 5.27. The lowest BCUT2D eigenvalue weighted by Gasteiger charge is -2.08. The van der Waals surface area contributed by atoms with Gasteiger partial charge in [0.25, 0.3) is 5.78 Å². The summed E-state index contributed by atoms with van der Waals surface area (Å²) < 4.78 is 14.9. The summed E-state index contributed by atoms with van der Waals surface area (Å²) in [5, 5.41) is 4.49. The molecule has 0 fully saturated rings. The minimum absolute atomic E-state index is 0.294. The van der Waals surface area contributed by atoms with Gasteiger partial charge in [0.2, 0.25) is 0 Å². The molecule has 0 atom stereocenters. The summed E-state index contributed by atoms with van der Waals surface area (Å²) in [5.41, 5.74) is 2.94. The zero-order valence-electron chi connectivity index (χ0n) is 11.7. The number of hydrogen-bond acceptors (Lipinski definition) is 4. The van der Waals surface area contributed by atoms with E-state index in [0.717, 1.165) is 11.3 Å². The minimum Gasteiger partial charge on any atom is -0.265 e. The maximum Gasteiger partial charge on any atom is 0.253 e. The van der Waals surface area contributed by atoms with Gasteiger partial charge in [-0.1, -0.05) is 11.6 Å². The minimum atomic E-state index is -0.392. The fourth-order valence-corrected chi connectivity index (χ4v) is 2.64. The van der Waals surface area contributed by atoms with Gasteiger partial charge in [0.05, 0.1) is 16.4 Å². The maximum atomic E-state index is 13.3. The Kier molecular flexibility index (Phi) is 3.24. The number of halogens is 2. The molecule has 0 bridgehead atoms. The van der Waals surface area contributed by atoms with Gasteiger partial charge in [0, 0.05) is 23.5 Å². The highest BCUT2D eigenvalue weighted by atomic mass is 35.5. The molecule has 23 heavy (non-hydrogen) atoms. The van der Waals surface area contributed by atoms with Gasteiger partial charge >= 0.3 is 0 Å². The Morgan fingerprint density at radius 2 is 1.87 bits per heavy atom. The van der Waals surface area contributed by atoms with Crippen molar-refractivity contribution < 1.29 is 4.39 Å². The van der Waals surface area contributed by atoms with Crippen LogP contribution in [0.5, 0.6) is 0 Å². The first kappa shape index (κ1) is 13.8. The molecule has 0 spiro atoms. The smallest absolute Gasteiger partial charge is 0.253 e. The lowest BCUT2D eigenvalue weighted by Crippen LogP contribution is -1.99. The molecule has 5 nitrogen and oxygen atoms in total. The van der Waals surface area contributed by atoms with Crippen LogP contribution < -0.4 is 0 Å². The molecule has 3 heterocycles. The normalized spacial score (nSPS) is 11.0. The second kappa shape index (κ2) is 5.40. The SMILES string of the molecule is Fc1ccc(-c2cc(-c3ccncc3)n3ncnc3n2)c(Cl)c1. The molecule has 0 aliphatic heterocycles. The van der Waals surface area contributed by atoms with Crippen LogP contribution in [0.2, 0.25) is 5.02 Å². The Morgan fingerprint density at radius 3 is 2.65 bits per heavy atom. The van der Waals surface area contributed by atoms with Gasteiger partial charge in [-0.25, -0.2) is 9.37 Å². The molecular weight excluding hydrogens is 317 g/mol. The van der Waals surface area contributed by atoms with Crippen molar-refractivity contribution in [2.75, 3.05) is 0 Å². The van der Waals surface area contributed by atoms with Crippen molar-refractivity contribution in [3.05, 3.63) is 66.0 Å². The van der Waals surface area contributed by atoms with Crippen LogP contribution in [0, 0.1) is 5.82 Å². The van der Waals surface area contributed by atoms with Gasteiger partial charge < -0.3 is 0 Å². The largest absolute Gasteiger partial charge is 0.265 e. The van der Waals surface area contributed by atoms with E-state index < -0.39 is 5.82 Å². The van der Waals surface area contributed by atoms with E-state index in [4.69, 9.17) is 11.6 Å². The monoisotopic (exact) mass is 325 g/mol. The van der Waals surface area contributed by atoms with E-state index in [0.29, 0.717) is 22.1 Å². The van der Waals surface area contributed by atoms with E-state index in [1.165, 1.54) is 18.5 Å². The fraction of sp³-hybridized carbons (Fsp3) is 0. The molecule has 1 aromatic carbocycles. The van der Waals surface area contributed by atoms with Crippen molar-refractivity contribution in [2.24, 2.45) is 0 Å². The molecule has 0 aliphatic rings. The number of hydrogen-bond donors (Lipinski definition) is 0. The standard InChI is InChI=1S/C16H9ClFN5/c17-13-7-11(18)1-2-12(13)14-8-15(10-3-5-19-6-4-10)23-16(22-14)20-9-21-23/h1-9H. The molecule has 0 amide bonds. The Labute approximate surface area is 135 Å². The summed E-state index contributed by atoms with van der Waals surface area (Å²) in [6.07, 6.45) is 4.83. The Balaban J connectivity index is 1.99. The predicted molar refractivity (Wildman–Crippen MR) is 84.4 cm³/mol. The fourth-order valence-electron chi connectivity index (χ4n) is 2.38. The lowest BCUT2D eigenvalue weighted by atomic mass is 10.1. The van der Waals surface area contributed by atoms with Gasteiger partial charge in [-0.05, 0) is 36.4 Å². The van der Waals surface area contributed by atoms with E-state index in [-0.39, 0.29) is 0 Å². The van der Waals surface area contributed by atoms with E-state index in [9.17, 15) is 4.39 Å². The maximum absolute atomic E-state index is 13.3. The van der Waals surface area contributed by atoms with Crippen LogP contribution in [-0.4, -0.2) is 24.6 Å². The molecule has 0 saturated carbocycles. The van der Waals surface area contributed by atoms with E-state index >= 15 is 0 Å². The Hall–Kier alpha value is -2.86. The number of nitrogens with zero attached hydrogens (tertiary/aromatic N) is 5. The number of aromatic nitrogens is 5. The summed E-state index contributed by atoms with van der Waals surface area (Å²) in [5.74, 6) is 0.0476. The average molecular weight is 326 g/mol. The van der Waals surface area contributed by atoms with Crippen molar-refractivity contribution >= 4 is 17.4 Å². The highest BCUT2D eigenvalue weighted by molar-refractivity contribution is 6.33. The van der Waals surface area contributed by atoms with Gasteiger partial charge in [-0.15, -0.1) is 0 Å². The van der Waals surface area contributed by atoms with Crippen LogP contribution in [0.15, 0.2) is 55.1 Å². The Morgan fingerprint density at radius 1 is 1.04 bits per heavy atom. The number of pyridine rings is 1. The summed E-state index contributed by atoms with van der Waals surface area (Å²) in [6.45, 7) is 0. The number of rotatable bonds is 2. The number of benzene rings is 1. The molecule has 112 valence electrons. The van der Waals surface area contributed by atoms with Crippen molar-refractivity contribution in [3.8, 4) is 22.5 Å². The van der Waals surface area contributed by atoms with Gasteiger partial charge in [-0.2, -0.15) is 14.6 Å². The summed E-state index contributed by atoms with van der Waals surface area (Å²) in [4.78, 5) is 12.6. The van der Waals surface area contributed by atoms with Crippen LogP contribution in [0.4, 0.5) is 4.39 Å². The molecule has 3 aromatic heterocycles. The summed E-state index contributed by atoms with van der Waals surface area (Å²) >= 11 is 6.15.